The summed E-state index contributed by atoms with van der Waals surface area (Å²) in [6.07, 6.45) is -4.40. The van der Waals surface area contributed by atoms with Gasteiger partial charge in [-0.25, -0.2) is 4.99 Å². The average Bonchev–Trinajstić information content (AvgIpc) is 2.51. The third kappa shape index (κ3) is 2.60. The van der Waals surface area contributed by atoms with E-state index in [0.717, 1.165) is 0 Å². The van der Waals surface area contributed by atoms with Crippen molar-refractivity contribution < 1.29 is 29.5 Å². The highest BCUT2D eigenvalue weighted by atomic mass is 16.7. The van der Waals surface area contributed by atoms with Crippen molar-refractivity contribution in [2.24, 2.45) is 4.99 Å². The number of aromatic hydroxyl groups is 1. The van der Waals surface area contributed by atoms with E-state index in [1.807, 2.05) is 0 Å². The number of aliphatic imine (C=N–C) groups is 1. The Balaban J connectivity index is 1.81. The normalized spacial score (nSPS) is 35.6. The van der Waals surface area contributed by atoms with Crippen molar-refractivity contribution in [3.8, 4) is 5.75 Å². The monoisotopic (exact) mass is 295 g/mol. The molecule has 5 atom stereocenters. The minimum absolute atomic E-state index is 0.146. The highest BCUT2D eigenvalue weighted by Gasteiger charge is 2.48. The lowest BCUT2D eigenvalue weighted by Crippen LogP contribution is -2.61. The summed E-state index contributed by atoms with van der Waals surface area (Å²) in [5.41, 5.74) is 0.682. The maximum absolute atomic E-state index is 10.2. The Hall–Kier alpha value is -1.67. The van der Waals surface area contributed by atoms with Crippen LogP contribution in [0.3, 0.4) is 0 Å². The van der Waals surface area contributed by atoms with E-state index in [1.165, 1.54) is 19.2 Å². The fourth-order valence-electron chi connectivity index (χ4n) is 2.50. The summed E-state index contributed by atoms with van der Waals surface area (Å²) in [6.45, 7) is 0.296. The molecule has 0 aromatic heterocycles. The predicted octanol–water partition coefficient (Wildman–Crippen LogP) is -0.369. The molecule has 21 heavy (non-hydrogen) atoms. The van der Waals surface area contributed by atoms with Crippen LogP contribution >= 0.6 is 0 Å². The van der Waals surface area contributed by atoms with Gasteiger partial charge in [0.25, 0.3) is 0 Å². The molecule has 3 rings (SSSR count). The Labute approximate surface area is 121 Å². The summed E-state index contributed by atoms with van der Waals surface area (Å²) >= 11 is 0. The minimum Gasteiger partial charge on any atom is -0.508 e. The van der Waals surface area contributed by atoms with Crippen molar-refractivity contribution in [2.75, 3.05) is 13.7 Å². The van der Waals surface area contributed by atoms with Gasteiger partial charge in [0.05, 0.1) is 6.54 Å². The van der Waals surface area contributed by atoms with Crippen molar-refractivity contribution in [1.82, 2.24) is 0 Å². The molecule has 0 unspecified atom stereocenters. The summed E-state index contributed by atoms with van der Waals surface area (Å²) in [7, 11) is 1.40. The van der Waals surface area contributed by atoms with Crippen molar-refractivity contribution in [3.63, 3.8) is 0 Å². The van der Waals surface area contributed by atoms with Crippen LogP contribution in [0.1, 0.15) is 5.56 Å². The van der Waals surface area contributed by atoms with E-state index in [4.69, 9.17) is 14.2 Å². The Morgan fingerprint density at radius 2 is 1.90 bits per heavy atom. The molecule has 2 heterocycles. The highest BCUT2D eigenvalue weighted by molar-refractivity contribution is 5.94. The zero-order valence-electron chi connectivity index (χ0n) is 11.4. The first-order valence-electron chi connectivity index (χ1n) is 6.65. The first-order chi connectivity index (χ1) is 10.1. The van der Waals surface area contributed by atoms with Gasteiger partial charge in [-0.2, -0.15) is 0 Å². The topological polar surface area (TPSA) is 101 Å². The zero-order chi connectivity index (χ0) is 15.0. The van der Waals surface area contributed by atoms with Crippen molar-refractivity contribution in [2.45, 2.75) is 30.7 Å². The number of phenols is 1. The fourth-order valence-corrected chi connectivity index (χ4v) is 2.50. The maximum atomic E-state index is 10.2. The van der Waals surface area contributed by atoms with Gasteiger partial charge in [-0.15, -0.1) is 0 Å². The second kappa shape index (κ2) is 5.61. The van der Waals surface area contributed by atoms with Crippen LogP contribution in [0.5, 0.6) is 5.75 Å². The van der Waals surface area contributed by atoms with E-state index in [2.05, 4.69) is 4.99 Å². The van der Waals surface area contributed by atoms with Gasteiger partial charge in [-0.05, 0) is 24.3 Å². The number of benzene rings is 1. The first kappa shape index (κ1) is 14.3. The maximum Gasteiger partial charge on any atom is 0.216 e. The van der Waals surface area contributed by atoms with Crippen molar-refractivity contribution >= 4 is 5.90 Å². The molecule has 1 fully saturated rings. The Bertz CT molecular complexity index is 531. The first-order valence-corrected chi connectivity index (χ1v) is 6.65. The quantitative estimate of drug-likeness (QED) is 0.688. The molecule has 0 amide bonds. The van der Waals surface area contributed by atoms with E-state index in [-0.39, 0.29) is 5.75 Å². The van der Waals surface area contributed by atoms with Crippen LogP contribution in [-0.4, -0.2) is 65.6 Å². The van der Waals surface area contributed by atoms with E-state index in [0.29, 0.717) is 18.0 Å². The van der Waals surface area contributed by atoms with Crippen LogP contribution in [-0.2, 0) is 14.2 Å². The van der Waals surface area contributed by atoms with Gasteiger partial charge < -0.3 is 29.5 Å². The zero-order valence-corrected chi connectivity index (χ0v) is 11.4. The smallest absolute Gasteiger partial charge is 0.216 e. The molecule has 3 N–H and O–H groups in total. The molecule has 7 nitrogen and oxygen atoms in total. The average molecular weight is 295 g/mol. The minimum atomic E-state index is -1.18. The Morgan fingerprint density at radius 1 is 1.19 bits per heavy atom. The molecule has 2 aliphatic rings. The van der Waals surface area contributed by atoms with Crippen LogP contribution in [0.4, 0.5) is 0 Å². The summed E-state index contributed by atoms with van der Waals surface area (Å²) < 4.78 is 16.2. The second-order valence-electron chi connectivity index (χ2n) is 5.03. The van der Waals surface area contributed by atoms with E-state index in [1.54, 1.807) is 12.1 Å². The molecule has 7 heteroatoms. The van der Waals surface area contributed by atoms with Crippen LogP contribution < -0.4 is 0 Å². The number of aliphatic hydroxyl groups is 2. The van der Waals surface area contributed by atoms with Crippen molar-refractivity contribution in [1.29, 1.82) is 0 Å². The Kier molecular flexibility index (Phi) is 3.81. The summed E-state index contributed by atoms with van der Waals surface area (Å²) in [5.74, 6) is 0.495. The predicted molar refractivity (Wildman–Crippen MR) is 72.1 cm³/mol. The third-order valence-electron chi connectivity index (χ3n) is 3.65. The second-order valence-corrected chi connectivity index (χ2v) is 5.03. The molecule has 1 aromatic carbocycles. The molecular formula is C14H17NO6. The van der Waals surface area contributed by atoms with Gasteiger partial charge in [0, 0.05) is 12.7 Å². The molecule has 2 aliphatic heterocycles. The number of ether oxygens (including phenoxy) is 3. The third-order valence-corrected chi connectivity index (χ3v) is 3.65. The molecule has 0 bridgehead atoms. The largest absolute Gasteiger partial charge is 0.508 e. The molecular weight excluding hydrogens is 278 g/mol. The lowest BCUT2D eigenvalue weighted by atomic mass is 9.97. The van der Waals surface area contributed by atoms with E-state index >= 15 is 0 Å². The van der Waals surface area contributed by atoms with Gasteiger partial charge in [-0.3, -0.25) is 0 Å². The van der Waals surface area contributed by atoms with Gasteiger partial charge in [0.2, 0.25) is 5.90 Å². The number of hydrogen-bond donors (Lipinski definition) is 3. The lowest BCUT2D eigenvalue weighted by molar-refractivity contribution is -0.287. The van der Waals surface area contributed by atoms with Crippen LogP contribution in [0.2, 0.25) is 0 Å². The molecule has 1 aromatic rings. The highest BCUT2D eigenvalue weighted by Crippen LogP contribution is 2.28. The molecule has 1 saturated heterocycles. The molecule has 0 saturated carbocycles. The van der Waals surface area contributed by atoms with E-state index < -0.39 is 30.7 Å². The van der Waals surface area contributed by atoms with Crippen LogP contribution in [0.25, 0.3) is 0 Å². The van der Waals surface area contributed by atoms with E-state index in [9.17, 15) is 15.3 Å². The van der Waals surface area contributed by atoms with Gasteiger partial charge >= 0.3 is 0 Å². The SMILES string of the molecule is CO[C@H]1O[C@@H]2CN=C(c3ccc(O)cc3)O[C@H]2[C@H](O)[C@H]1O. The fraction of sp³-hybridized carbons (Fsp3) is 0.500. The van der Waals surface area contributed by atoms with Crippen LogP contribution in [0.15, 0.2) is 29.3 Å². The standard InChI is InChI=1S/C14H17NO6/c1-19-14-11(18)10(17)12-9(20-14)6-15-13(21-12)7-2-4-8(16)5-3-7/h2-5,9-12,14,16-18H,6H2,1H3/t9-,10-,11-,12-,14+/m1/s1. The van der Waals surface area contributed by atoms with Crippen LogP contribution in [0, 0.1) is 0 Å². The number of phenolic OH excluding ortho intramolecular Hbond substituents is 1. The number of aliphatic hydroxyl groups excluding tert-OH is 2. The summed E-state index contributed by atoms with van der Waals surface area (Å²) in [6, 6.07) is 6.38. The number of rotatable bonds is 2. The molecule has 114 valence electrons. The summed E-state index contributed by atoms with van der Waals surface area (Å²) in [4.78, 5) is 4.28. The Morgan fingerprint density at radius 3 is 2.57 bits per heavy atom. The van der Waals surface area contributed by atoms with Crippen molar-refractivity contribution in [3.05, 3.63) is 29.8 Å². The molecule has 0 spiro atoms. The number of nitrogens with zero attached hydrogens (tertiary/aromatic N) is 1. The molecule has 0 aliphatic carbocycles. The van der Waals surface area contributed by atoms with Gasteiger partial charge in [0.1, 0.15) is 24.1 Å². The summed E-state index contributed by atoms with van der Waals surface area (Å²) in [5, 5.41) is 29.4. The van der Waals surface area contributed by atoms with Gasteiger partial charge in [-0.1, -0.05) is 0 Å². The number of fused-ring (bicyclic) bond motifs is 1. The number of hydrogen-bond acceptors (Lipinski definition) is 7. The lowest BCUT2D eigenvalue weighted by Gasteiger charge is -2.43. The number of methoxy groups -OCH3 is 1. The van der Waals surface area contributed by atoms with Gasteiger partial charge in [0.15, 0.2) is 12.4 Å². The molecule has 0 radical (unpaired) electrons.